The number of likely N-dealkylation sites (tertiary alicyclic amines) is 1. The van der Waals surface area contributed by atoms with E-state index in [-0.39, 0.29) is 24.2 Å². The summed E-state index contributed by atoms with van der Waals surface area (Å²) in [6, 6.07) is 11.7. The van der Waals surface area contributed by atoms with Crippen molar-refractivity contribution in [3.8, 4) is 0 Å². The van der Waals surface area contributed by atoms with Crippen molar-refractivity contribution >= 4 is 5.91 Å². The summed E-state index contributed by atoms with van der Waals surface area (Å²) in [6.45, 7) is 3.55. The second-order valence-electron chi connectivity index (χ2n) is 7.64. The maximum Gasteiger partial charge on any atom is 0.272 e. The van der Waals surface area contributed by atoms with E-state index in [9.17, 15) is 9.90 Å². The summed E-state index contributed by atoms with van der Waals surface area (Å²) >= 11 is 0. The minimum Gasteiger partial charge on any atom is -0.393 e. The Labute approximate surface area is 165 Å². The molecular formula is C21H28N4O3. The SMILES string of the molecule is Cn1nccc1C(=O)N1CCO[C@@H](CN2CCC(O)CC2)[C@@H]1c1ccccc1. The van der Waals surface area contributed by atoms with E-state index in [1.807, 2.05) is 23.1 Å². The number of aryl methyl sites for hydroxylation is 1. The highest BCUT2D eigenvalue weighted by atomic mass is 16.5. The van der Waals surface area contributed by atoms with Crippen LogP contribution in [0.5, 0.6) is 0 Å². The number of hydrogen-bond donors (Lipinski definition) is 1. The first-order valence-electron chi connectivity index (χ1n) is 9.99. The number of rotatable bonds is 4. The van der Waals surface area contributed by atoms with Gasteiger partial charge in [-0.1, -0.05) is 30.3 Å². The number of morpholine rings is 1. The molecule has 2 aliphatic heterocycles. The van der Waals surface area contributed by atoms with E-state index >= 15 is 0 Å². The number of nitrogens with zero attached hydrogens (tertiary/aromatic N) is 4. The van der Waals surface area contributed by atoms with E-state index in [0.717, 1.165) is 38.0 Å². The van der Waals surface area contributed by atoms with Crippen LogP contribution < -0.4 is 0 Å². The van der Waals surface area contributed by atoms with Crippen LogP contribution >= 0.6 is 0 Å². The Morgan fingerprint density at radius 2 is 1.93 bits per heavy atom. The fourth-order valence-electron chi connectivity index (χ4n) is 4.25. The average molecular weight is 384 g/mol. The van der Waals surface area contributed by atoms with Crippen molar-refractivity contribution in [3.63, 3.8) is 0 Å². The molecule has 4 rings (SSSR count). The smallest absolute Gasteiger partial charge is 0.272 e. The van der Waals surface area contributed by atoms with Crippen molar-refractivity contribution < 1.29 is 14.6 Å². The maximum absolute atomic E-state index is 13.3. The molecule has 0 bridgehead atoms. The zero-order valence-electron chi connectivity index (χ0n) is 16.3. The minimum atomic E-state index is -0.198. The van der Waals surface area contributed by atoms with Gasteiger partial charge in [-0.05, 0) is 24.5 Å². The number of amides is 1. The summed E-state index contributed by atoms with van der Waals surface area (Å²) in [4.78, 5) is 17.6. The average Bonchev–Trinajstić information content (AvgIpc) is 3.15. The Hall–Kier alpha value is -2.22. The number of carbonyl (C=O) groups is 1. The molecule has 3 heterocycles. The Morgan fingerprint density at radius 3 is 2.61 bits per heavy atom. The molecule has 2 fully saturated rings. The summed E-state index contributed by atoms with van der Waals surface area (Å²) in [5, 5.41) is 13.9. The predicted molar refractivity (Wildman–Crippen MR) is 105 cm³/mol. The van der Waals surface area contributed by atoms with Crippen molar-refractivity contribution in [3.05, 3.63) is 53.9 Å². The molecule has 0 saturated carbocycles. The zero-order valence-corrected chi connectivity index (χ0v) is 16.3. The Morgan fingerprint density at radius 1 is 1.18 bits per heavy atom. The normalized spacial score (nSPS) is 24.4. The zero-order chi connectivity index (χ0) is 19.5. The number of aliphatic hydroxyl groups excluding tert-OH is 1. The van der Waals surface area contributed by atoms with Crippen LogP contribution in [0, 0.1) is 0 Å². The van der Waals surface area contributed by atoms with Crippen LogP contribution in [0.4, 0.5) is 0 Å². The monoisotopic (exact) mass is 384 g/mol. The van der Waals surface area contributed by atoms with Gasteiger partial charge in [0.1, 0.15) is 5.69 Å². The fraction of sp³-hybridized carbons (Fsp3) is 0.524. The summed E-state index contributed by atoms with van der Waals surface area (Å²) in [5.41, 5.74) is 1.67. The van der Waals surface area contributed by atoms with Gasteiger partial charge in [0.05, 0.1) is 24.9 Å². The van der Waals surface area contributed by atoms with Gasteiger partial charge in [0, 0.05) is 39.4 Å². The van der Waals surface area contributed by atoms with Crippen LogP contribution in [0.2, 0.25) is 0 Å². The first kappa shape index (κ1) is 19.1. The van der Waals surface area contributed by atoms with Crippen molar-refractivity contribution in [2.75, 3.05) is 32.8 Å². The van der Waals surface area contributed by atoms with Gasteiger partial charge in [-0.15, -0.1) is 0 Å². The molecule has 1 N–H and O–H groups in total. The lowest BCUT2D eigenvalue weighted by molar-refractivity contribution is -0.0772. The van der Waals surface area contributed by atoms with Crippen molar-refractivity contribution in [2.24, 2.45) is 7.05 Å². The molecule has 28 heavy (non-hydrogen) atoms. The van der Waals surface area contributed by atoms with Crippen LogP contribution in [-0.4, -0.2) is 75.6 Å². The van der Waals surface area contributed by atoms with E-state index in [2.05, 4.69) is 22.1 Å². The molecular weight excluding hydrogens is 356 g/mol. The third kappa shape index (κ3) is 3.97. The number of ether oxygens (including phenoxy) is 1. The highest BCUT2D eigenvalue weighted by Gasteiger charge is 2.38. The van der Waals surface area contributed by atoms with Crippen molar-refractivity contribution in [1.82, 2.24) is 19.6 Å². The Bertz CT molecular complexity index is 786. The molecule has 1 aromatic heterocycles. The number of aromatic nitrogens is 2. The molecule has 0 spiro atoms. The van der Waals surface area contributed by atoms with Gasteiger partial charge in [0.2, 0.25) is 0 Å². The Balaban J connectivity index is 1.60. The number of carbonyl (C=O) groups excluding carboxylic acids is 1. The van der Waals surface area contributed by atoms with Crippen molar-refractivity contribution in [2.45, 2.75) is 31.1 Å². The van der Waals surface area contributed by atoms with E-state index in [0.29, 0.717) is 18.8 Å². The van der Waals surface area contributed by atoms with E-state index in [1.54, 1.807) is 24.0 Å². The topological polar surface area (TPSA) is 70.8 Å². The second kappa shape index (κ2) is 8.43. The number of piperidine rings is 1. The second-order valence-corrected chi connectivity index (χ2v) is 7.64. The molecule has 1 amide bonds. The largest absolute Gasteiger partial charge is 0.393 e. The van der Waals surface area contributed by atoms with Gasteiger partial charge in [-0.25, -0.2) is 0 Å². The third-order valence-corrected chi connectivity index (χ3v) is 5.79. The molecule has 150 valence electrons. The summed E-state index contributed by atoms with van der Waals surface area (Å²) in [7, 11) is 1.79. The quantitative estimate of drug-likeness (QED) is 0.864. The summed E-state index contributed by atoms with van der Waals surface area (Å²) in [6.07, 6.45) is 2.93. The molecule has 2 saturated heterocycles. The lowest BCUT2D eigenvalue weighted by atomic mass is 9.96. The predicted octanol–water partition coefficient (Wildman–Crippen LogP) is 1.46. The highest BCUT2D eigenvalue weighted by molar-refractivity contribution is 5.93. The van der Waals surface area contributed by atoms with E-state index in [1.165, 1.54) is 0 Å². The fourth-order valence-corrected chi connectivity index (χ4v) is 4.25. The number of hydrogen-bond acceptors (Lipinski definition) is 5. The van der Waals surface area contributed by atoms with Crippen LogP contribution in [-0.2, 0) is 11.8 Å². The molecule has 0 aliphatic carbocycles. The molecule has 2 aromatic rings. The molecule has 0 unspecified atom stereocenters. The summed E-state index contributed by atoms with van der Waals surface area (Å²) < 4.78 is 7.81. The summed E-state index contributed by atoms with van der Waals surface area (Å²) in [5.74, 6) is -0.0174. The number of aliphatic hydroxyl groups is 1. The van der Waals surface area contributed by atoms with Crippen molar-refractivity contribution in [1.29, 1.82) is 0 Å². The van der Waals surface area contributed by atoms with Crippen LogP contribution in [0.3, 0.4) is 0 Å². The first-order valence-corrected chi connectivity index (χ1v) is 9.99. The highest BCUT2D eigenvalue weighted by Crippen LogP contribution is 2.32. The number of benzene rings is 1. The van der Waals surface area contributed by atoms with Gasteiger partial charge >= 0.3 is 0 Å². The van der Waals surface area contributed by atoms with Crippen LogP contribution in [0.15, 0.2) is 42.6 Å². The van der Waals surface area contributed by atoms with Gasteiger partial charge in [0.25, 0.3) is 5.91 Å². The molecule has 0 radical (unpaired) electrons. The molecule has 2 aliphatic rings. The third-order valence-electron chi connectivity index (χ3n) is 5.79. The van der Waals surface area contributed by atoms with Gasteiger partial charge in [-0.2, -0.15) is 5.10 Å². The molecule has 1 aromatic carbocycles. The van der Waals surface area contributed by atoms with Gasteiger partial charge < -0.3 is 19.6 Å². The molecule has 7 nitrogen and oxygen atoms in total. The minimum absolute atomic E-state index is 0.0174. The molecule has 2 atom stereocenters. The standard InChI is InChI=1S/C21H28N4O3/c1-23-18(7-10-22-23)21(27)25-13-14-28-19(15-24-11-8-17(26)9-12-24)20(25)16-5-3-2-4-6-16/h2-7,10,17,19-20,26H,8-9,11-15H2,1H3/t19-,20-/m0/s1. The first-order chi connectivity index (χ1) is 13.6. The van der Waals surface area contributed by atoms with Gasteiger partial charge in [-0.3, -0.25) is 9.48 Å². The van der Waals surface area contributed by atoms with Crippen LogP contribution in [0.25, 0.3) is 0 Å². The lowest BCUT2D eigenvalue weighted by Crippen LogP contribution is -2.53. The van der Waals surface area contributed by atoms with Crippen LogP contribution in [0.1, 0.15) is 34.9 Å². The van der Waals surface area contributed by atoms with Gasteiger partial charge in [0.15, 0.2) is 0 Å². The maximum atomic E-state index is 13.3. The Kier molecular flexibility index (Phi) is 5.75. The van der Waals surface area contributed by atoms with E-state index in [4.69, 9.17) is 4.74 Å². The molecule has 7 heteroatoms. The van der Waals surface area contributed by atoms with E-state index < -0.39 is 0 Å². The lowest BCUT2D eigenvalue weighted by Gasteiger charge is -2.43.